The van der Waals surface area contributed by atoms with Crippen LogP contribution >= 0.6 is 11.3 Å². The summed E-state index contributed by atoms with van der Waals surface area (Å²) in [6, 6.07) is 19.9. The van der Waals surface area contributed by atoms with Crippen LogP contribution in [0.1, 0.15) is 22.1 Å². The predicted molar refractivity (Wildman–Crippen MR) is 90.0 cm³/mol. The molecule has 0 bridgehead atoms. The molecule has 1 aliphatic heterocycles. The van der Waals surface area contributed by atoms with Gasteiger partial charge in [0.15, 0.2) is 0 Å². The summed E-state index contributed by atoms with van der Waals surface area (Å²) >= 11 is 1.58. The second kappa shape index (κ2) is 5.31. The summed E-state index contributed by atoms with van der Waals surface area (Å²) in [5, 5.41) is 9.43. The summed E-state index contributed by atoms with van der Waals surface area (Å²) in [6.07, 6.45) is -0.177. The van der Waals surface area contributed by atoms with Gasteiger partial charge < -0.3 is 10.6 Å². The number of thiophene rings is 1. The molecule has 2 N–H and O–H groups in total. The Kier molecular flexibility index (Phi) is 3.16. The molecule has 0 radical (unpaired) electrons. The van der Waals surface area contributed by atoms with E-state index < -0.39 is 0 Å². The first kappa shape index (κ1) is 13.1. The largest absolute Gasteiger partial charge is 0.353 e. The minimum atomic E-state index is -0.177. The maximum atomic E-state index is 12.6. The Morgan fingerprint density at radius 2 is 1.55 bits per heavy atom. The van der Waals surface area contributed by atoms with E-state index in [1.165, 1.54) is 0 Å². The van der Waals surface area contributed by atoms with Crippen molar-refractivity contribution in [3.05, 3.63) is 77.2 Å². The first-order valence-corrected chi connectivity index (χ1v) is 8.00. The van der Waals surface area contributed by atoms with Crippen LogP contribution in [0.5, 0.6) is 0 Å². The van der Waals surface area contributed by atoms with E-state index in [2.05, 4.69) is 10.6 Å². The van der Waals surface area contributed by atoms with Crippen LogP contribution in [0.25, 0.3) is 11.1 Å². The molecule has 1 atom stereocenters. The van der Waals surface area contributed by atoms with E-state index in [0.29, 0.717) is 0 Å². The van der Waals surface area contributed by atoms with Crippen LogP contribution in [-0.2, 0) is 0 Å². The highest BCUT2D eigenvalue weighted by Crippen LogP contribution is 2.39. The molecule has 1 aromatic heterocycles. The molecule has 3 nitrogen and oxygen atoms in total. The zero-order valence-electron chi connectivity index (χ0n) is 11.7. The number of carbonyl (C=O) groups is 1. The van der Waals surface area contributed by atoms with E-state index >= 15 is 0 Å². The summed E-state index contributed by atoms with van der Waals surface area (Å²) in [5.74, 6) is -0.0253. The highest BCUT2D eigenvalue weighted by molar-refractivity contribution is 7.15. The quantitative estimate of drug-likeness (QED) is 0.742. The van der Waals surface area contributed by atoms with Crippen molar-refractivity contribution in [2.45, 2.75) is 6.17 Å². The number of fused-ring (bicyclic) bond motifs is 1. The Labute approximate surface area is 132 Å². The molecule has 0 spiro atoms. The number of rotatable bonds is 2. The maximum absolute atomic E-state index is 12.6. The third kappa shape index (κ3) is 2.18. The van der Waals surface area contributed by atoms with Crippen molar-refractivity contribution < 1.29 is 4.79 Å². The van der Waals surface area contributed by atoms with Crippen molar-refractivity contribution in [1.82, 2.24) is 5.32 Å². The third-order valence-electron chi connectivity index (χ3n) is 3.79. The Hall–Kier alpha value is -2.59. The Morgan fingerprint density at radius 3 is 2.27 bits per heavy atom. The molecular weight excluding hydrogens is 292 g/mol. The van der Waals surface area contributed by atoms with E-state index in [1.54, 1.807) is 11.3 Å². The number of amides is 1. The minimum absolute atomic E-state index is 0.0253. The Morgan fingerprint density at radius 1 is 0.864 bits per heavy atom. The van der Waals surface area contributed by atoms with Crippen molar-refractivity contribution in [2.75, 3.05) is 5.32 Å². The summed E-state index contributed by atoms with van der Waals surface area (Å²) in [6.45, 7) is 0. The smallest absolute Gasteiger partial charge is 0.256 e. The van der Waals surface area contributed by atoms with Gasteiger partial charge in [0.2, 0.25) is 0 Å². The van der Waals surface area contributed by atoms with Gasteiger partial charge >= 0.3 is 0 Å². The molecule has 0 fully saturated rings. The Balaban J connectivity index is 1.73. The molecule has 3 aromatic rings. The van der Waals surface area contributed by atoms with Crippen LogP contribution in [0, 0.1) is 0 Å². The lowest BCUT2D eigenvalue weighted by molar-refractivity contribution is 0.0937. The SMILES string of the molecule is O=C1N[C@H](c2ccccc2)Nc2scc(-c3ccccc3)c21. The van der Waals surface area contributed by atoms with Gasteiger partial charge in [-0.15, -0.1) is 11.3 Å². The van der Waals surface area contributed by atoms with Gasteiger partial charge in [0.05, 0.1) is 5.56 Å². The normalized spacial score (nSPS) is 16.5. The van der Waals surface area contributed by atoms with E-state index in [9.17, 15) is 4.79 Å². The molecule has 0 aliphatic carbocycles. The molecule has 2 aromatic carbocycles. The zero-order chi connectivity index (χ0) is 14.9. The zero-order valence-corrected chi connectivity index (χ0v) is 12.6. The van der Waals surface area contributed by atoms with E-state index in [0.717, 1.165) is 27.3 Å². The van der Waals surface area contributed by atoms with Gasteiger partial charge in [-0.1, -0.05) is 60.7 Å². The second-order valence-corrected chi connectivity index (χ2v) is 6.06. The second-order valence-electron chi connectivity index (χ2n) is 5.18. The molecule has 0 saturated carbocycles. The molecule has 1 amide bonds. The van der Waals surface area contributed by atoms with Crippen LogP contribution in [0.2, 0.25) is 0 Å². The predicted octanol–water partition coefficient (Wildman–Crippen LogP) is 4.27. The first-order chi connectivity index (χ1) is 10.8. The van der Waals surface area contributed by atoms with Crippen LogP contribution in [-0.4, -0.2) is 5.91 Å². The summed E-state index contributed by atoms with van der Waals surface area (Å²) < 4.78 is 0. The Bertz CT molecular complexity index is 812. The molecule has 2 heterocycles. The average molecular weight is 306 g/mol. The van der Waals surface area contributed by atoms with Crippen LogP contribution < -0.4 is 10.6 Å². The van der Waals surface area contributed by atoms with Crippen molar-refractivity contribution in [1.29, 1.82) is 0 Å². The van der Waals surface area contributed by atoms with Crippen molar-refractivity contribution in [3.8, 4) is 11.1 Å². The summed E-state index contributed by atoms with van der Waals surface area (Å²) in [4.78, 5) is 12.6. The molecule has 22 heavy (non-hydrogen) atoms. The van der Waals surface area contributed by atoms with Gasteiger partial charge in [0.25, 0.3) is 5.91 Å². The van der Waals surface area contributed by atoms with Crippen LogP contribution in [0.4, 0.5) is 5.00 Å². The fraction of sp³-hybridized carbons (Fsp3) is 0.0556. The highest BCUT2D eigenvalue weighted by atomic mass is 32.1. The van der Waals surface area contributed by atoms with Gasteiger partial charge in [0.1, 0.15) is 11.2 Å². The monoisotopic (exact) mass is 306 g/mol. The van der Waals surface area contributed by atoms with Crippen LogP contribution in [0.15, 0.2) is 66.0 Å². The molecule has 4 rings (SSSR count). The van der Waals surface area contributed by atoms with E-state index in [1.807, 2.05) is 66.0 Å². The molecule has 108 valence electrons. The molecule has 1 aliphatic rings. The third-order valence-corrected chi connectivity index (χ3v) is 4.70. The van der Waals surface area contributed by atoms with Crippen molar-refractivity contribution in [3.63, 3.8) is 0 Å². The number of hydrogen-bond donors (Lipinski definition) is 2. The minimum Gasteiger partial charge on any atom is -0.353 e. The summed E-state index contributed by atoms with van der Waals surface area (Å²) in [7, 11) is 0. The van der Waals surface area contributed by atoms with E-state index in [-0.39, 0.29) is 12.1 Å². The average Bonchev–Trinajstić information content (AvgIpc) is 3.01. The lowest BCUT2D eigenvalue weighted by atomic mass is 10.0. The lowest BCUT2D eigenvalue weighted by Crippen LogP contribution is -2.37. The van der Waals surface area contributed by atoms with Gasteiger partial charge in [-0.25, -0.2) is 0 Å². The van der Waals surface area contributed by atoms with Gasteiger partial charge in [-0.3, -0.25) is 4.79 Å². The molecule has 0 saturated heterocycles. The number of benzene rings is 2. The number of anilines is 1. The summed E-state index contributed by atoms with van der Waals surface area (Å²) in [5.41, 5.74) is 3.84. The molecule has 0 unspecified atom stereocenters. The number of carbonyl (C=O) groups excluding carboxylic acids is 1. The fourth-order valence-electron chi connectivity index (χ4n) is 2.70. The van der Waals surface area contributed by atoms with Gasteiger partial charge in [-0.2, -0.15) is 0 Å². The van der Waals surface area contributed by atoms with Gasteiger partial charge in [0, 0.05) is 10.9 Å². The standard InChI is InChI=1S/C18H14N2OS/c21-17-15-14(12-7-3-1-4-8-12)11-22-18(15)20-16(19-17)13-9-5-2-6-10-13/h1-11,16,20H,(H,19,21)/t16-/m0/s1. The van der Waals surface area contributed by atoms with Gasteiger partial charge in [-0.05, 0) is 11.1 Å². The molecular formula is C18H14N2OS. The highest BCUT2D eigenvalue weighted by Gasteiger charge is 2.28. The number of nitrogens with one attached hydrogen (secondary N) is 2. The van der Waals surface area contributed by atoms with Crippen LogP contribution in [0.3, 0.4) is 0 Å². The molecule has 4 heteroatoms. The maximum Gasteiger partial charge on any atom is 0.256 e. The first-order valence-electron chi connectivity index (χ1n) is 7.12. The fourth-order valence-corrected chi connectivity index (χ4v) is 3.70. The van der Waals surface area contributed by atoms with E-state index in [4.69, 9.17) is 0 Å². The topological polar surface area (TPSA) is 41.1 Å². The number of hydrogen-bond acceptors (Lipinski definition) is 3. The van der Waals surface area contributed by atoms with Crippen molar-refractivity contribution >= 4 is 22.2 Å². The van der Waals surface area contributed by atoms with Crippen molar-refractivity contribution in [2.24, 2.45) is 0 Å². The lowest BCUT2D eigenvalue weighted by Gasteiger charge is -2.26.